The summed E-state index contributed by atoms with van der Waals surface area (Å²) in [6.07, 6.45) is 1.56. The highest BCUT2D eigenvalue weighted by molar-refractivity contribution is 9.10. The van der Waals surface area contributed by atoms with E-state index in [9.17, 15) is 14.4 Å². The molecule has 0 saturated carbocycles. The van der Waals surface area contributed by atoms with Gasteiger partial charge in [-0.3, -0.25) is 14.2 Å². The topological polar surface area (TPSA) is 89.5 Å². The summed E-state index contributed by atoms with van der Waals surface area (Å²) >= 11 is 3.28. The third-order valence-corrected chi connectivity index (χ3v) is 4.45. The Balaban J connectivity index is 1.81. The number of nitrogens with zero attached hydrogens (tertiary/aromatic N) is 3. The van der Waals surface area contributed by atoms with Gasteiger partial charge in [0.1, 0.15) is 6.54 Å². The molecule has 2 aromatic heterocycles. The van der Waals surface area contributed by atoms with Gasteiger partial charge < -0.3 is 19.2 Å². The van der Waals surface area contributed by atoms with Gasteiger partial charge >= 0.3 is 5.76 Å². The lowest BCUT2D eigenvalue weighted by Crippen LogP contribution is -2.26. The van der Waals surface area contributed by atoms with E-state index in [4.69, 9.17) is 4.42 Å². The van der Waals surface area contributed by atoms with Crippen LogP contribution in [0.25, 0.3) is 11.1 Å². The molecule has 0 bridgehead atoms. The van der Waals surface area contributed by atoms with Crippen LogP contribution in [0.4, 0.5) is 5.69 Å². The van der Waals surface area contributed by atoms with Crippen molar-refractivity contribution in [1.82, 2.24) is 14.0 Å². The van der Waals surface area contributed by atoms with Crippen LogP contribution in [0.2, 0.25) is 0 Å². The van der Waals surface area contributed by atoms with E-state index in [2.05, 4.69) is 21.2 Å². The molecule has 9 heteroatoms. The highest BCUT2D eigenvalue weighted by atomic mass is 79.9. The number of hydrogen-bond donors (Lipinski definition) is 1. The number of likely N-dealkylation sites (N-methyl/N-ethyl adjacent to an activating group) is 1. The number of hydrogen-bond acceptors (Lipinski definition) is 5. The van der Waals surface area contributed by atoms with Gasteiger partial charge in [0.15, 0.2) is 5.58 Å². The number of oxazole rings is 1. The van der Waals surface area contributed by atoms with Crippen LogP contribution >= 0.6 is 15.9 Å². The first kappa shape index (κ1) is 19.1. The molecule has 0 fully saturated rings. The zero-order valence-corrected chi connectivity index (χ0v) is 16.5. The highest BCUT2D eigenvalue weighted by Gasteiger charge is 2.12. The number of aromatic nitrogens is 2. The number of amides is 1. The Bertz CT molecular complexity index is 1100. The molecule has 1 N–H and O–H groups in total. The van der Waals surface area contributed by atoms with E-state index in [1.165, 1.54) is 15.2 Å². The Kier molecular flexibility index (Phi) is 5.62. The van der Waals surface area contributed by atoms with Crippen LogP contribution in [0.5, 0.6) is 0 Å². The highest BCUT2D eigenvalue weighted by Crippen LogP contribution is 2.18. The number of carbonyl (C=O) groups excluding carboxylic acids is 1. The van der Waals surface area contributed by atoms with E-state index in [1.54, 1.807) is 30.5 Å². The zero-order chi connectivity index (χ0) is 19.6. The Morgan fingerprint density at radius 1 is 1.22 bits per heavy atom. The monoisotopic (exact) mass is 434 g/mol. The summed E-state index contributed by atoms with van der Waals surface area (Å²) in [7, 11) is 3.84. The molecule has 0 atom stereocenters. The predicted octanol–water partition coefficient (Wildman–Crippen LogP) is 1.72. The smallest absolute Gasteiger partial charge is 0.408 e. The fourth-order valence-electron chi connectivity index (χ4n) is 2.63. The Morgan fingerprint density at radius 2 is 2.00 bits per heavy atom. The molecule has 0 aliphatic carbocycles. The minimum Gasteiger partial charge on any atom is -0.408 e. The lowest BCUT2D eigenvalue weighted by molar-refractivity contribution is -0.116. The molecule has 0 spiro atoms. The fourth-order valence-corrected chi connectivity index (χ4v) is 3.01. The van der Waals surface area contributed by atoms with Gasteiger partial charge in [0.25, 0.3) is 5.56 Å². The molecule has 1 aromatic carbocycles. The zero-order valence-electron chi connectivity index (χ0n) is 14.9. The molecule has 0 saturated heterocycles. The molecule has 0 radical (unpaired) electrons. The van der Waals surface area contributed by atoms with Crippen molar-refractivity contribution in [1.29, 1.82) is 0 Å². The number of halogens is 1. The van der Waals surface area contributed by atoms with Crippen molar-refractivity contribution < 1.29 is 9.21 Å². The molecule has 3 aromatic rings. The van der Waals surface area contributed by atoms with Crippen LogP contribution in [0.3, 0.4) is 0 Å². The maximum absolute atomic E-state index is 12.3. The lowest BCUT2D eigenvalue weighted by atomic mass is 10.2. The number of nitrogens with one attached hydrogen (secondary N) is 1. The molecule has 2 heterocycles. The molecule has 3 rings (SSSR count). The second-order valence-electron chi connectivity index (χ2n) is 6.37. The van der Waals surface area contributed by atoms with Gasteiger partial charge in [0.05, 0.1) is 5.52 Å². The first-order valence-corrected chi connectivity index (χ1v) is 9.07. The maximum atomic E-state index is 12.3. The average Bonchev–Trinajstić information content (AvgIpc) is 2.91. The molecule has 0 aliphatic rings. The van der Waals surface area contributed by atoms with E-state index in [0.29, 0.717) is 34.3 Å². The number of rotatable bonds is 6. The summed E-state index contributed by atoms with van der Waals surface area (Å²) in [6.45, 7) is 1.04. The quantitative estimate of drug-likeness (QED) is 0.637. The molecule has 27 heavy (non-hydrogen) atoms. The third-order valence-electron chi connectivity index (χ3n) is 3.98. The van der Waals surface area contributed by atoms with E-state index in [1.807, 2.05) is 19.0 Å². The van der Waals surface area contributed by atoms with Crippen molar-refractivity contribution in [3.63, 3.8) is 0 Å². The van der Waals surface area contributed by atoms with Gasteiger partial charge in [-0.1, -0.05) is 0 Å². The van der Waals surface area contributed by atoms with E-state index >= 15 is 0 Å². The standard InChI is InChI=1S/C18H19BrN4O4/c1-21(2)7-8-23-14-9-13(4-5-15(14)27-18(23)26)20-16(24)11-22-10-12(19)3-6-17(22)25/h3-6,9-10H,7-8,11H2,1-2H3,(H,20,24). The minimum absolute atomic E-state index is 0.116. The molecule has 0 unspecified atom stereocenters. The van der Waals surface area contributed by atoms with Gasteiger partial charge in [0.2, 0.25) is 5.91 Å². The van der Waals surface area contributed by atoms with Gasteiger partial charge in [-0.05, 0) is 54.3 Å². The summed E-state index contributed by atoms with van der Waals surface area (Å²) in [5.74, 6) is -0.781. The van der Waals surface area contributed by atoms with Crippen LogP contribution in [0.15, 0.2) is 55.0 Å². The second kappa shape index (κ2) is 7.93. The number of carbonyl (C=O) groups is 1. The molecule has 0 aliphatic heterocycles. The van der Waals surface area contributed by atoms with Crippen molar-refractivity contribution in [3.05, 3.63) is 61.9 Å². The Morgan fingerprint density at radius 3 is 2.74 bits per heavy atom. The molecule has 1 amide bonds. The van der Waals surface area contributed by atoms with Gasteiger partial charge in [-0.2, -0.15) is 0 Å². The van der Waals surface area contributed by atoms with Crippen LogP contribution in [0, 0.1) is 0 Å². The van der Waals surface area contributed by atoms with E-state index < -0.39 is 5.76 Å². The first-order valence-electron chi connectivity index (χ1n) is 8.27. The first-order chi connectivity index (χ1) is 12.8. The van der Waals surface area contributed by atoms with Crippen LogP contribution < -0.4 is 16.6 Å². The van der Waals surface area contributed by atoms with Crippen molar-refractivity contribution in [3.8, 4) is 0 Å². The van der Waals surface area contributed by atoms with Gasteiger partial charge in [-0.15, -0.1) is 0 Å². The van der Waals surface area contributed by atoms with Crippen LogP contribution in [-0.2, 0) is 17.9 Å². The predicted molar refractivity (Wildman–Crippen MR) is 106 cm³/mol. The molecule has 142 valence electrons. The third kappa shape index (κ3) is 4.55. The number of benzene rings is 1. The van der Waals surface area contributed by atoms with Crippen LogP contribution in [0.1, 0.15) is 0 Å². The van der Waals surface area contributed by atoms with Crippen LogP contribution in [-0.4, -0.2) is 40.6 Å². The molecule has 8 nitrogen and oxygen atoms in total. The number of pyridine rings is 1. The van der Waals surface area contributed by atoms with Gasteiger partial charge in [-0.25, -0.2) is 4.79 Å². The van der Waals surface area contributed by atoms with E-state index in [-0.39, 0.29) is 18.0 Å². The normalized spacial score (nSPS) is 11.3. The van der Waals surface area contributed by atoms with Gasteiger partial charge in [0, 0.05) is 35.5 Å². The number of fused-ring (bicyclic) bond motifs is 1. The Hall–Kier alpha value is -2.65. The SMILES string of the molecule is CN(C)CCn1c(=O)oc2ccc(NC(=O)Cn3cc(Br)ccc3=O)cc21. The Labute approximate surface area is 163 Å². The van der Waals surface area contributed by atoms with Crippen molar-refractivity contribution >= 4 is 38.6 Å². The summed E-state index contributed by atoms with van der Waals surface area (Å²) in [6, 6.07) is 8.00. The number of anilines is 1. The van der Waals surface area contributed by atoms with Crippen molar-refractivity contribution in [2.75, 3.05) is 26.0 Å². The molecular weight excluding hydrogens is 416 g/mol. The summed E-state index contributed by atoms with van der Waals surface area (Å²) in [5, 5.41) is 2.75. The summed E-state index contributed by atoms with van der Waals surface area (Å²) in [4.78, 5) is 38.1. The maximum Gasteiger partial charge on any atom is 0.419 e. The fraction of sp³-hybridized carbons (Fsp3) is 0.278. The second-order valence-corrected chi connectivity index (χ2v) is 7.28. The largest absolute Gasteiger partial charge is 0.419 e. The minimum atomic E-state index is -0.434. The summed E-state index contributed by atoms with van der Waals surface area (Å²) in [5.41, 5.74) is 1.32. The van der Waals surface area contributed by atoms with Crippen molar-refractivity contribution in [2.24, 2.45) is 0 Å². The van der Waals surface area contributed by atoms with E-state index in [0.717, 1.165) is 0 Å². The summed E-state index contributed by atoms with van der Waals surface area (Å²) < 4.78 is 8.79. The van der Waals surface area contributed by atoms with Crippen molar-refractivity contribution in [2.45, 2.75) is 13.1 Å². The lowest BCUT2D eigenvalue weighted by Gasteiger charge is -2.10. The molecular formula is C18H19BrN4O4. The average molecular weight is 435 g/mol.